The van der Waals surface area contributed by atoms with Crippen LogP contribution in [0.3, 0.4) is 0 Å². The Hall–Kier alpha value is -1.71. The molecule has 0 aromatic rings. The maximum atomic E-state index is 13.3. The number of hydrogen-bond acceptors (Lipinski definition) is 4. The summed E-state index contributed by atoms with van der Waals surface area (Å²) in [7, 11) is 0. The number of rotatable bonds is 3. The smallest absolute Gasteiger partial charge is 0.311 e. The molecule has 0 aromatic heterocycles. The summed E-state index contributed by atoms with van der Waals surface area (Å²) in [6.45, 7) is 12.2. The van der Waals surface area contributed by atoms with Gasteiger partial charge in [-0.25, -0.2) is 0 Å². The monoisotopic (exact) mass is 426 g/mol. The first kappa shape index (κ1) is 22.5. The molecule has 0 radical (unpaired) electrons. The fourth-order valence-corrected chi connectivity index (χ4v) is 7.69. The Labute approximate surface area is 186 Å². The van der Waals surface area contributed by atoms with Crippen molar-refractivity contribution in [2.75, 3.05) is 6.61 Å². The first-order valence-electron chi connectivity index (χ1n) is 12.0. The zero-order chi connectivity index (χ0) is 22.8. The van der Waals surface area contributed by atoms with E-state index in [1.807, 2.05) is 26.8 Å². The molecule has 0 aromatic carbocycles. The second kappa shape index (κ2) is 7.42. The van der Waals surface area contributed by atoms with Crippen molar-refractivity contribution in [3.8, 4) is 0 Å². The molecule has 0 spiro atoms. The second-order valence-electron chi connectivity index (χ2n) is 12.1. The molecule has 0 N–H and O–H groups in total. The van der Waals surface area contributed by atoms with E-state index in [0.29, 0.717) is 23.7 Å². The van der Waals surface area contributed by atoms with E-state index in [1.165, 1.54) is 5.57 Å². The van der Waals surface area contributed by atoms with Gasteiger partial charge in [0.1, 0.15) is 6.61 Å². The van der Waals surface area contributed by atoms with Crippen LogP contribution in [0.2, 0.25) is 0 Å². The molecule has 4 nitrogen and oxygen atoms in total. The predicted molar refractivity (Wildman–Crippen MR) is 120 cm³/mol. The lowest BCUT2D eigenvalue weighted by atomic mass is 9.47. The minimum Gasteiger partial charge on any atom is -0.457 e. The van der Waals surface area contributed by atoms with Gasteiger partial charge in [0.15, 0.2) is 11.6 Å². The quantitative estimate of drug-likeness (QED) is 0.574. The highest BCUT2D eigenvalue weighted by Gasteiger charge is 2.61. The number of esters is 1. The SMILES string of the molecule is C[C@@H]1C[C@H]2[C@@H]3CCC4=CC(=O)C=C[C@]4(C)[C@H]3CC[C@]2(C)[C@H]1C(=O)COC(=O)C(C)(C)C. The van der Waals surface area contributed by atoms with Crippen LogP contribution in [-0.4, -0.2) is 24.1 Å². The maximum Gasteiger partial charge on any atom is 0.311 e. The topological polar surface area (TPSA) is 60.4 Å². The third-order valence-electron chi connectivity index (χ3n) is 9.20. The number of fused-ring (bicyclic) bond motifs is 5. The third-order valence-corrected chi connectivity index (χ3v) is 9.20. The minimum atomic E-state index is -0.594. The van der Waals surface area contributed by atoms with Gasteiger partial charge in [-0.3, -0.25) is 14.4 Å². The summed E-state index contributed by atoms with van der Waals surface area (Å²) < 4.78 is 5.42. The van der Waals surface area contributed by atoms with E-state index in [-0.39, 0.29) is 40.9 Å². The van der Waals surface area contributed by atoms with Crippen LogP contribution in [0, 0.1) is 45.8 Å². The number of carbonyl (C=O) groups is 3. The van der Waals surface area contributed by atoms with Gasteiger partial charge in [0, 0.05) is 11.3 Å². The molecule has 4 rings (SSSR count). The largest absolute Gasteiger partial charge is 0.457 e. The van der Waals surface area contributed by atoms with Gasteiger partial charge in [-0.05, 0) is 94.1 Å². The van der Waals surface area contributed by atoms with E-state index >= 15 is 0 Å². The van der Waals surface area contributed by atoms with E-state index < -0.39 is 5.41 Å². The Balaban J connectivity index is 1.54. The van der Waals surface area contributed by atoms with Gasteiger partial charge in [-0.1, -0.05) is 32.4 Å². The molecule has 0 unspecified atom stereocenters. The predicted octanol–water partition coefficient (Wildman–Crippen LogP) is 5.31. The molecule has 0 saturated heterocycles. The Bertz CT molecular complexity index is 859. The fourth-order valence-electron chi connectivity index (χ4n) is 7.69. The molecule has 0 heterocycles. The summed E-state index contributed by atoms with van der Waals surface area (Å²) in [5.41, 5.74) is 0.658. The summed E-state index contributed by atoms with van der Waals surface area (Å²) in [6.07, 6.45) is 11.1. The first-order chi connectivity index (χ1) is 14.4. The van der Waals surface area contributed by atoms with Crippen molar-refractivity contribution in [3.63, 3.8) is 0 Å². The van der Waals surface area contributed by atoms with Crippen LogP contribution < -0.4 is 0 Å². The van der Waals surface area contributed by atoms with Gasteiger partial charge in [-0.15, -0.1) is 0 Å². The van der Waals surface area contributed by atoms with Crippen LogP contribution in [0.4, 0.5) is 0 Å². The molecule has 4 heteroatoms. The molecular weight excluding hydrogens is 388 g/mol. The van der Waals surface area contributed by atoms with Gasteiger partial charge in [0.25, 0.3) is 0 Å². The summed E-state index contributed by atoms with van der Waals surface area (Å²) in [4.78, 5) is 37.4. The minimum absolute atomic E-state index is 0.0221. The second-order valence-corrected chi connectivity index (χ2v) is 12.1. The van der Waals surface area contributed by atoms with Gasteiger partial charge < -0.3 is 4.74 Å². The number of Topliss-reactive ketones (excluding diaryl/α,β-unsaturated/α-hetero) is 1. The zero-order valence-electron chi connectivity index (χ0n) is 20.0. The first-order valence-corrected chi connectivity index (χ1v) is 12.0. The molecule has 7 atom stereocenters. The molecule has 0 amide bonds. The molecule has 0 aliphatic heterocycles. The van der Waals surface area contributed by atoms with Crippen molar-refractivity contribution in [2.45, 2.75) is 73.6 Å². The molecule has 170 valence electrons. The van der Waals surface area contributed by atoms with Crippen molar-refractivity contribution in [1.29, 1.82) is 0 Å². The molecule has 3 saturated carbocycles. The van der Waals surface area contributed by atoms with Crippen LogP contribution >= 0.6 is 0 Å². The molecule has 4 aliphatic carbocycles. The number of ether oxygens (including phenoxy) is 1. The van der Waals surface area contributed by atoms with Gasteiger partial charge in [0.05, 0.1) is 5.41 Å². The standard InChI is InChI=1S/C27H38O4/c1-16-13-21-19-8-7-17-14-18(28)9-11-26(17,5)20(19)10-12-27(21,6)23(16)22(29)15-31-24(30)25(2,3)4/h9,11,14,16,19-21,23H,7-8,10,12-13,15H2,1-6H3/t16-,19-,20+,21+,23-,26+,27+/m1/s1. The molecular formula is C27H38O4. The Morgan fingerprint density at radius 2 is 1.87 bits per heavy atom. The average molecular weight is 427 g/mol. The van der Waals surface area contributed by atoms with Crippen molar-refractivity contribution >= 4 is 17.5 Å². The lowest BCUT2D eigenvalue weighted by Crippen LogP contribution is -2.50. The number of ketones is 2. The molecule has 0 bridgehead atoms. The summed E-state index contributed by atoms with van der Waals surface area (Å²) in [5, 5.41) is 0. The normalized spacial score (nSPS) is 41.7. The number of allylic oxidation sites excluding steroid dienone is 4. The lowest BCUT2D eigenvalue weighted by molar-refractivity contribution is -0.158. The van der Waals surface area contributed by atoms with Gasteiger partial charge >= 0.3 is 5.97 Å². The van der Waals surface area contributed by atoms with E-state index in [0.717, 1.165) is 32.1 Å². The highest BCUT2D eigenvalue weighted by Crippen LogP contribution is 2.67. The number of carbonyl (C=O) groups excluding carboxylic acids is 3. The van der Waals surface area contributed by atoms with Crippen LogP contribution in [0.1, 0.15) is 73.6 Å². The van der Waals surface area contributed by atoms with Crippen LogP contribution in [-0.2, 0) is 19.1 Å². The van der Waals surface area contributed by atoms with E-state index in [1.54, 1.807) is 6.08 Å². The van der Waals surface area contributed by atoms with E-state index in [4.69, 9.17) is 4.74 Å². The Morgan fingerprint density at radius 3 is 2.55 bits per heavy atom. The van der Waals surface area contributed by atoms with E-state index in [9.17, 15) is 14.4 Å². The number of hydrogen-bond donors (Lipinski definition) is 0. The van der Waals surface area contributed by atoms with Crippen LogP contribution in [0.5, 0.6) is 0 Å². The highest BCUT2D eigenvalue weighted by atomic mass is 16.5. The van der Waals surface area contributed by atoms with Crippen LogP contribution in [0.15, 0.2) is 23.8 Å². The summed E-state index contributed by atoms with van der Waals surface area (Å²) in [6, 6.07) is 0. The molecule has 31 heavy (non-hydrogen) atoms. The average Bonchev–Trinajstić information content (AvgIpc) is 2.95. The van der Waals surface area contributed by atoms with Crippen molar-refractivity contribution in [1.82, 2.24) is 0 Å². The fraction of sp³-hybridized carbons (Fsp3) is 0.741. The molecule has 3 fully saturated rings. The van der Waals surface area contributed by atoms with E-state index in [2.05, 4.69) is 26.8 Å². The molecule has 4 aliphatic rings. The van der Waals surface area contributed by atoms with Crippen molar-refractivity contribution in [3.05, 3.63) is 23.8 Å². The third kappa shape index (κ3) is 3.54. The van der Waals surface area contributed by atoms with Crippen LogP contribution in [0.25, 0.3) is 0 Å². The zero-order valence-corrected chi connectivity index (χ0v) is 20.0. The highest BCUT2D eigenvalue weighted by molar-refractivity contribution is 6.01. The van der Waals surface area contributed by atoms with Crippen molar-refractivity contribution < 1.29 is 19.1 Å². The maximum absolute atomic E-state index is 13.3. The van der Waals surface area contributed by atoms with Gasteiger partial charge in [0.2, 0.25) is 0 Å². The Kier molecular flexibility index (Phi) is 5.38. The lowest BCUT2D eigenvalue weighted by Gasteiger charge is -2.56. The summed E-state index contributed by atoms with van der Waals surface area (Å²) >= 11 is 0. The summed E-state index contributed by atoms with van der Waals surface area (Å²) in [5.74, 6) is 1.80. The Morgan fingerprint density at radius 1 is 1.16 bits per heavy atom. The van der Waals surface area contributed by atoms with Gasteiger partial charge in [-0.2, -0.15) is 0 Å². The van der Waals surface area contributed by atoms with Crippen molar-refractivity contribution in [2.24, 2.45) is 45.8 Å².